The molecule has 1 aliphatic rings. The lowest BCUT2D eigenvalue weighted by Crippen LogP contribution is -2.51. The van der Waals surface area contributed by atoms with Crippen LogP contribution in [0.5, 0.6) is 0 Å². The third kappa shape index (κ3) is 1.75. The average molecular weight is 227 g/mol. The summed E-state index contributed by atoms with van der Waals surface area (Å²) in [6.45, 7) is 7.09. The Labute approximate surface area is 96.6 Å². The van der Waals surface area contributed by atoms with Crippen LogP contribution in [0.1, 0.15) is 47.0 Å². The summed E-state index contributed by atoms with van der Waals surface area (Å²) in [4.78, 5) is 25.5. The molecule has 0 spiro atoms. The van der Waals surface area contributed by atoms with Gasteiger partial charge in [-0.05, 0) is 26.7 Å². The zero-order chi connectivity index (χ0) is 12.6. The van der Waals surface area contributed by atoms with Gasteiger partial charge in [-0.2, -0.15) is 0 Å². The minimum Gasteiger partial charge on any atom is -0.394 e. The van der Waals surface area contributed by atoms with Crippen molar-refractivity contribution in [1.82, 2.24) is 4.90 Å². The van der Waals surface area contributed by atoms with E-state index in [0.29, 0.717) is 12.8 Å². The molecule has 1 saturated heterocycles. The molecule has 0 aliphatic carbocycles. The lowest BCUT2D eigenvalue weighted by atomic mass is 9.81. The quantitative estimate of drug-likeness (QED) is 0.737. The van der Waals surface area contributed by atoms with E-state index in [1.165, 1.54) is 4.90 Å². The van der Waals surface area contributed by atoms with Crippen molar-refractivity contribution in [2.75, 3.05) is 6.61 Å². The van der Waals surface area contributed by atoms with E-state index in [2.05, 4.69) is 0 Å². The van der Waals surface area contributed by atoms with Gasteiger partial charge in [0.1, 0.15) is 0 Å². The molecule has 0 bridgehead atoms. The van der Waals surface area contributed by atoms with Crippen LogP contribution in [-0.2, 0) is 9.59 Å². The maximum Gasteiger partial charge on any atom is 0.236 e. The fourth-order valence-corrected chi connectivity index (χ4v) is 2.28. The number of hydrogen-bond donors (Lipinski definition) is 1. The van der Waals surface area contributed by atoms with Gasteiger partial charge in [-0.25, -0.2) is 0 Å². The minimum atomic E-state index is -0.791. The Morgan fingerprint density at radius 3 is 2.12 bits per heavy atom. The summed E-state index contributed by atoms with van der Waals surface area (Å²) < 4.78 is 0. The van der Waals surface area contributed by atoms with E-state index in [9.17, 15) is 14.7 Å². The lowest BCUT2D eigenvalue weighted by molar-refractivity contribution is -0.149. The van der Waals surface area contributed by atoms with Crippen molar-refractivity contribution in [3.8, 4) is 0 Å². The van der Waals surface area contributed by atoms with Gasteiger partial charge >= 0.3 is 0 Å². The Morgan fingerprint density at radius 1 is 1.31 bits per heavy atom. The molecule has 1 fully saturated rings. The topological polar surface area (TPSA) is 57.6 Å². The largest absolute Gasteiger partial charge is 0.394 e. The summed E-state index contributed by atoms with van der Waals surface area (Å²) in [5, 5.41) is 9.26. The predicted octanol–water partition coefficient (Wildman–Crippen LogP) is 1.32. The molecule has 0 aromatic heterocycles. The van der Waals surface area contributed by atoms with Crippen molar-refractivity contribution in [3.05, 3.63) is 0 Å². The molecule has 1 N–H and O–H groups in total. The zero-order valence-corrected chi connectivity index (χ0v) is 10.5. The fourth-order valence-electron chi connectivity index (χ4n) is 2.28. The minimum absolute atomic E-state index is 0.124. The summed E-state index contributed by atoms with van der Waals surface area (Å²) in [5.41, 5.74) is -1.33. The van der Waals surface area contributed by atoms with Gasteiger partial charge in [0.25, 0.3) is 0 Å². The predicted molar refractivity (Wildman–Crippen MR) is 60.6 cm³/mol. The zero-order valence-electron chi connectivity index (χ0n) is 10.5. The molecule has 0 unspecified atom stereocenters. The van der Waals surface area contributed by atoms with Gasteiger partial charge in [-0.1, -0.05) is 13.8 Å². The van der Waals surface area contributed by atoms with Gasteiger partial charge in [0.15, 0.2) is 0 Å². The van der Waals surface area contributed by atoms with Crippen LogP contribution in [0.3, 0.4) is 0 Å². The van der Waals surface area contributed by atoms with Crippen LogP contribution in [-0.4, -0.2) is 34.0 Å². The first kappa shape index (κ1) is 13.2. The molecule has 0 atom stereocenters. The van der Waals surface area contributed by atoms with Crippen molar-refractivity contribution in [2.24, 2.45) is 5.41 Å². The third-order valence-electron chi connectivity index (χ3n) is 3.74. The number of aliphatic hydroxyl groups excluding tert-OH is 1. The highest BCUT2D eigenvalue weighted by Gasteiger charge is 2.53. The maximum atomic E-state index is 12.3. The van der Waals surface area contributed by atoms with Crippen molar-refractivity contribution in [3.63, 3.8) is 0 Å². The molecule has 4 nitrogen and oxygen atoms in total. The number of carbonyl (C=O) groups is 2. The molecule has 16 heavy (non-hydrogen) atoms. The molecule has 0 saturated carbocycles. The highest BCUT2D eigenvalue weighted by atomic mass is 16.3. The van der Waals surface area contributed by atoms with Gasteiger partial charge < -0.3 is 5.11 Å². The van der Waals surface area contributed by atoms with Crippen molar-refractivity contribution in [2.45, 2.75) is 52.5 Å². The number of likely N-dealkylation sites (tertiary alicyclic amines) is 1. The Morgan fingerprint density at radius 2 is 1.81 bits per heavy atom. The molecule has 1 aliphatic heterocycles. The second-order valence-electron chi connectivity index (χ2n) is 5.17. The summed E-state index contributed by atoms with van der Waals surface area (Å²) in [7, 11) is 0. The van der Waals surface area contributed by atoms with E-state index in [0.717, 1.165) is 0 Å². The van der Waals surface area contributed by atoms with Gasteiger partial charge in [-0.3, -0.25) is 14.5 Å². The summed E-state index contributed by atoms with van der Waals surface area (Å²) in [5.74, 6) is -0.283. The first-order valence-corrected chi connectivity index (χ1v) is 5.83. The lowest BCUT2D eigenvalue weighted by Gasteiger charge is -2.34. The second kappa shape index (κ2) is 4.17. The van der Waals surface area contributed by atoms with Gasteiger partial charge in [0.05, 0.1) is 17.6 Å². The number of rotatable bonds is 4. The molecule has 1 rings (SSSR count). The van der Waals surface area contributed by atoms with Gasteiger partial charge in [-0.15, -0.1) is 0 Å². The molecule has 0 aromatic carbocycles. The standard InChI is InChI=1S/C12H21NO3/c1-5-12(6-2)7-9(15)13(10(12)16)11(3,4)8-14/h14H,5-8H2,1-4H3. The SMILES string of the molecule is CCC1(CC)CC(=O)N(C(C)(C)CO)C1=O. The molecule has 0 radical (unpaired) electrons. The Hall–Kier alpha value is -0.900. The average Bonchev–Trinajstić information content (AvgIpc) is 2.51. The first-order valence-electron chi connectivity index (χ1n) is 5.83. The first-order chi connectivity index (χ1) is 7.34. The van der Waals surface area contributed by atoms with Gasteiger partial charge in [0.2, 0.25) is 11.8 Å². The second-order valence-corrected chi connectivity index (χ2v) is 5.17. The maximum absolute atomic E-state index is 12.3. The summed E-state index contributed by atoms with van der Waals surface area (Å²) in [6.07, 6.45) is 1.63. The van der Waals surface area contributed by atoms with Crippen LogP contribution < -0.4 is 0 Å². The third-order valence-corrected chi connectivity index (χ3v) is 3.74. The number of carbonyl (C=O) groups excluding carboxylic acids is 2. The van der Waals surface area contributed by atoms with Crippen LogP contribution >= 0.6 is 0 Å². The highest BCUT2D eigenvalue weighted by Crippen LogP contribution is 2.41. The van der Waals surface area contributed by atoms with Crippen LogP contribution in [0.4, 0.5) is 0 Å². The Bertz CT molecular complexity index is 305. The van der Waals surface area contributed by atoms with Crippen LogP contribution in [0.2, 0.25) is 0 Å². The summed E-state index contributed by atoms with van der Waals surface area (Å²) in [6, 6.07) is 0. The van der Waals surface area contributed by atoms with E-state index in [1.807, 2.05) is 13.8 Å². The van der Waals surface area contributed by atoms with Gasteiger partial charge in [0, 0.05) is 6.42 Å². The fraction of sp³-hybridized carbons (Fsp3) is 0.833. The van der Waals surface area contributed by atoms with E-state index >= 15 is 0 Å². The number of nitrogens with zero attached hydrogens (tertiary/aromatic N) is 1. The molecule has 92 valence electrons. The van der Waals surface area contributed by atoms with Crippen LogP contribution in [0, 0.1) is 5.41 Å². The molecule has 2 amide bonds. The molecule has 1 heterocycles. The molecular weight excluding hydrogens is 206 g/mol. The molecule has 4 heteroatoms. The Balaban J connectivity index is 3.09. The highest BCUT2D eigenvalue weighted by molar-refractivity contribution is 6.06. The van der Waals surface area contributed by atoms with Crippen molar-refractivity contribution in [1.29, 1.82) is 0 Å². The number of aliphatic hydroxyl groups is 1. The van der Waals surface area contributed by atoms with Crippen molar-refractivity contribution >= 4 is 11.8 Å². The monoisotopic (exact) mass is 227 g/mol. The normalized spacial score (nSPS) is 20.7. The number of amides is 2. The molecular formula is C12H21NO3. The Kier molecular flexibility index (Phi) is 3.43. The van der Waals surface area contributed by atoms with Crippen LogP contribution in [0.15, 0.2) is 0 Å². The smallest absolute Gasteiger partial charge is 0.236 e. The molecule has 0 aromatic rings. The van der Waals surface area contributed by atoms with Crippen LogP contribution in [0.25, 0.3) is 0 Å². The van der Waals surface area contributed by atoms with E-state index in [4.69, 9.17) is 0 Å². The number of imide groups is 1. The van der Waals surface area contributed by atoms with Crippen molar-refractivity contribution < 1.29 is 14.7 Å². The van der Waals surface area contributed by atoms with E-state index in [-0.39, 0.29) is 24.8 Å². The van der Waals surface area contributed by atoms with E-state index < -0.39 is 11.0 Å². The number of hydrogen-bond acceptors (Lipinski definition) is 3. The van der Waals surface area contributed by atoms with E-state index in [1.54, 1.807) is 13.8 Å². The summed E-state index contributed by atoms with van der Waals surface area (Å²) >= 11 is 0.